The van der Waals surface area contributed by atoms with E-state index < -0.39 is 6.04 Å². The van der Waals surface area contributed by atoms with E-state index in [4.69, 9.17) is 0 Å². The van der Waals surface area contributed by atoms with Crippen LogP contribution in [0.3, 0.4) is 0 Å². The predicted octanol–water partition coefficient (Wildman–Crippen LogP) is 1.89. The molecular weight excluding hydrogens is 406 g/mol. The van der Waals surface area contributed by atoms with Gasteiger partial charge in [-0.15, -0.1) is 0 Å². The lowest BCUT2D eigenvalue weighted by Crippen LogP contribution is -2.52. The van der Waals surface area contributed by atoms with Crippen molar-refractivity contribution in [3.8, 4) is 0 Å². The fourth-order valence-electron chi connectivity index (χ4n) is 3.88. The van der Waals surface area contributed by atoms with Crippen molar-refractivity contribution in [2.24, 2.45) is 4.99 Å². The second-order valence-corrected chi connectivity index (χ2v) is 8.11. The number of hydrogen-bond donors (Lipinski definition) is 2. The fourth-order valence-corrected chi connectivity index (χ4v) is 3.88. The topological polar surface area (TPSA) is 94.1 Å². The van der Waals surface area contributed by atoms with E-state index in [0.717, 1.165) is 32.7 Å². The number of hydrogen-bond acceptors (Lipinski definition) is 6. The summed E-state index contributed by atoms with van der Waals surface area (Å²) in [4.78, 5) is 44.7. The van der Waals surface area contributed by atoms with Gasteiger partial charge in [0.2, 0.25) is 11.9 Å². The minimum atomic E-state index is -0.663. The van der Waals surface area contributed by atoms with E-state index in [2.05, 4.69) is 37.6 Å². The van der Waals surface area contributed by atoms with E-state index >= 15 is 0 Å². The number of carbonyl (C=O) groups excluding carboxylic acids is 3. The zero-order chi connectivity index (χ0) is 22.5. The highest BCUT2D eigenvalue weighted by atomic mass is 16.2. The number of benzene rings is 2. The third kappa shape index (κ3) is 5.39. The highest BCUT2D eigenvalue weighted by Gasteiger charge is 2.32. The Morgan fingerprint density at radius 1 is 1.03 bits per heavy atom. The maximum Gasteiger partial charge on any atom is 0.271 e. The zero-order valence-corrected chi connectivity index (χ0v) is 18.1. The number of piperazine rings is 1. The van der Waals surface area contributed by atoms with Crippen LogP contribution in [0.2, 0.25) is 0 Å². The summed E-state index contributed by atoms with van der Waals surface area (Å²) in [5, 5.41) is 5.88. The Labute approximate surface area is 187 Å². The summed E-state index contributed by atoms with van der Waals surface area (Å²) >= 11 is 0. The van der Waals surface area contributed by atoms with Crippen LogP contribution in [0.25, 0.3) is 0 Å². The van der Waals surface area contributed by atoms with E-state index in [1.54, 1.807) is 24.3 Å². The maximum absolute atomic E-state index is 12.4. The minimum Gasteiger partial charge on any atom is -0.343 e. The van der Waals surface area contributed by atoms with Crippen LogP contribution in [0, 0.1) is 0 Å². The van der Waals surface area contributed by atoms with Gasteiger partial charge in [-0.3, -0.25) is 19.3 Å². The largest absolute Gasteiger partial charge is 0.343 e. The van der Waals surface area contributed by atoms with E-state index in [1.165, 1.54) is 12.5 Å². The summed E-state index contributed by atoms with van der Waals surface area (Å²) in [6, 6.07) is 16.4. The van der Waals surface area contributed by atoms with E-state index in [9.17, 15) is 14.4 Å². The lowest BCUT2D eigenvalue weighted by atomic mass is 10.1. The zero-order valence-electron chi connectivity index (χ0n) is 18.1. The third-order valence-corrected chi connectivity index (χ3v) is 5.70. The smallest absolute Gasteiger partial charge is 0.271 e. The quantitative estimate of drug-likeness (QED) is 0.676. The van der Waals surface area contributed by atoms with Gasteiger partial charge in [0.1, 0.15) is 6.04 Å². The van der Waals surface area contributed by atoms with Crippen molar-refractivity contribution in [3.05, 3.63) is 65.7 Å². The molecule has 4 rings (SSSR count). The number of guanidine groups is 1. The molecule has 2 N–H and O–H groups in total. The molecule has 8 heteroatoms. The van der Waals surface area contributed by atoms with Crippen LogP contribution in [-0.4, -0.2) is 65.6 Å². The summed E-state index contributed by atoms with van der Waals surface area (Å²) in [6.07, 6.45) is -0.00569. The summed E-state index contributed by atoms with van der Waals surface area (Å²) in [6.45, 7) is 5.70. The minimum absolute atomic E-state index is 0.00569. The number of aliphatic imine (C=N–C) groups is 1. The molecule has 1 unspecified atom stereocenters. The van der Waals surface area contributed by atoms with Gasteiger partial charge < -0.3 is 15.5 Å². The van der Waals surface area contributed by atoms with Crippen molar-refractivity contribution >= 4 is 29.2 Å². The molecule has 0 bridgehead atoms. The van der Waals surface area contributed by atoms with Crippen LogP contribution < -0.4 is 10.6 Å². The molecule has 0 aliphatic carbocycles. The van der Waals surface area contributed by atoms with Crippen molar-refractivity contribution < 1.29 is 14.4 Å². The second-order valence-electron chi connectivity index (χ2n) is 8.11. The number of amides is 2. The van der Waals surface area contributed by atoms with Gasteiger partial charge in [-0.1, -0.05) is 30.3 Å². The normalized spacial score (nSPS) is 18.8. The van der Waals surface area contributed by atoms with Crippen molar-refractivity contribution in [1.82, 2.24) is 15.1 Å². The van der Waals surface area contributed by atoms with E-state index in [1.807, 2.05) is 18.2 Å². The summed E-state index contributed by atoms with van der Waals surface area (Å²) in [5.74, 6) is -0.0865. The van der Waals surface area contributed by atoms with Crippen molar-refractivity contribution in [3.63, 3.8) is 0 Å². The van der Waals surface area contributed by atoms with E-state index in [0.29, 0.717) is 17.2 Å². The highest BCUT2D eigenvalue weighted by Crippen LogP contribution is 2.14. The van der Waals surface area contributed by atoms with Gasteiger partial charge in [0.15, 0.2) is 5.78 Å². The van der Waals surface area contributed by atoms with Crippen LogP contribution in [0.5, 0.6) is 0 Å². The van der Waals surface area contributed by atoms with Crippen LogP contribution in [-0.2, 0) is 16.1 Å². The number of nitrogens with one attached hydrogen (secondary N) is 2. The van der Waals surface area contributed by atoms with Gasteiger partial charge >= 0.3 is 0 Å². The average Bonchev–Trinajstić information content (AvgIpc) is 3.15. The van der Waals surface area contributed by atoms with Crippen LogP contribution in [0.4, 0.5) is 5.69 Å². The molecule has 166 valence electrons. The fraction of sp³-hybridized carbons (Fsp3) is 0.333. The lowest BCUT2D eigenvalue weighted by Gasteiger charge is -2.35. The second kappa shape index (κ2) is 9.74. The molecule has 2 amide bonds. The molecule has 2 heterocycles. The molecule has 2 aromatic carbocycles. The number of anilines is 1. The Bertz CT molecular complexity index is 1010. The summed E-state index contributed by atoms with van der Waals surface area (Å²) in [7, 11) is 0. The first kappa shape index (κ1) is 21.7. The molecule has 0 aromatic heterocycles. The van der Waals surface area contributed by atoms with Gasteiger partial charge in [0, 0.05) is 44.0 Å². The molecule has 8 nitrogen and oxygen atoms in total. The monoisotopic (exact) mass is 433 g/mol. The Balaban J connectivity index is 1.24. The Morgan fingerprint density at radius 2 is 1.72 bits per heavy atom. The predicted molar refractivity (Wildman–Crippen MR) is 122 cm³/mol. The molecule has 0 radical (unpaired) electrons. The first-order chi connectivity index (χ1) is 15.5. The molecule has 2 aliphatic heterocycles. The van der Waals surface area contributed by atoms with Crippen LogP contribution in [0.1, 0.15) is 29.3 Å². The van der Waals surface area contributed by atoms with Crippen LogP contribution >= 0.6 is 0 Å². The Morgan fingerprint density at radius 3 is 2.38 bits per heavy atom. The van der Waals surface area contributed by atoms with Gasteiger partial charge in [-0.2, -0.15) is 4.99 Å². The Kier molecular flexibility index (Phi) is 6.61. The number of ketones is 1. The summed E-state index contributed by atoms with van der Waals surface area (Å²) < 4.78 is 0. The maximum atomic E-state index is 12.4. The number of Topliss-reactive ketones (excluding diaryl/α,β-unsaturated/α-hetero) is 1. The average molecular weight is 434 g/mol. The molecule has 0 spiro atoms. The molecule has 1 saturated heterocycles. The highest BCUT2D eigenvalue weighted by molar-refractivity contribution is 6.05. The lowest BCUT2D eigenvalue weighted by molar-refractivity contribution is -0.123. The first-order valence-corrected chi connectivity index (χ1v) is 10.8. The molecular formula is C24H27N5O3. The number of carbonyl (C=O) groups is 3. The molecule has 0 saturated carbocycles. The summed E-state index contributed by atoms with van der Waals surface area (Å²) in [5.41, 5.74) is 2.45. The molecule has 2 aliphatic rings. The Hall–Kier alpha value is -3.52. The molecule has 1 fully saturated rings. The SMILES string of the molecule is CC(=O)c1ccc(NC(=O)CC2NC(N3CCN(Cc4ccccc4)CC3)=NC2=O)cc1. The standard InChI is InChI=1S/C24H27N5O3/c1-17(30)19-7-9-20(10-8-19)25-22(31)15-21-23(32)27-24(26-21)29-13-11-28(12-14-29)16-18-5-3-2-4-6-18/h2-10,21H,11-16H2,1H3,(H,25,31)(H,26,27,32). The number of rotatable bonds is 6. The molecule has 1 atom stereocenters. The molecule has 32 heavy (non-hydrogen) atoms. The van der Waals surface area contributed by atoms with Gasteiger partial charge in [0.25, 0.3) is 5.91 Å². The number of nitrogens with zero attached hydrogens (tertiary/aromatic N) is 3. The van der Waals surface area contributed by atoms with Crippen molar-refractivity contribution in [1.29, 1.82) is 0 Å². The van der Waals surface area contributed by atoms with E-state index in [-0.39, 0.29) is 24.0 Å². The van der Waals surface area contributed by atoms with Crippen molar-refractivity contribution in [2.75, 3.05) is 31.5 Å². The van der Waals surface area contributed by atoms with Crippen molar-refractivity contribution in [2.45, 2.75) is 25.9 Å². The first-order valence-electron chi connectivity index (χ1n) is 10.8. The molecule has 2 aromatic rings. The van der Waals surface area contributed by atoms with Gasteiger partial charge in [-0.25, -0.2) is 0 Å². The third-order valence-electron chi connectivity index (χ3n) is 5.70. The van der Waals surface area contributed by atoms with Gasteiger partial charge in [-0.05, 0) is 36.8 Å². The van der Waals surface area contributed by atoms with Gasteiger partial charge in [0.05, 0.1) is 6.42 Å². The van der Waals surface area contributed by atoms with Crippen LogP contribution in [0.15, 0.2) is 59.6 Å².